The van der Waals surface area contributed by atoms with Gasteiger partial charge in [0.05, 0.1) is 5.56 Å². The minimum absolute atomic E-state index is 0.191. The summed E-state index contributed by atoms with van der Waals surface area (Å²) in [4.78, 5) is 4.11. The molecule has 0 spiro atoms. The maximum absolute atomic E-state index is 13.6. The van der Waals surface area contributed by atoms with Crippen molar-refractivity contribution in [3.8, 4) is 11.5 Å². The summed E-state index contributed by atoms with van der Waals surface area (Å²) in [6.07, 6.45) is 1.95. The SMILES string of the molecule is Cc1noc(CCCc2nnc(-c3ccccc3F)o2)n1. The first-order valence-corrected chi connectivity index (χ1v) is 6.59. The van der Waals surface area contributed by atoms with Crippen LogP contribution in [0.4, 0.5) is 4.39 Å². The van der Waals surface area contributed by atoms with E-state index in [2.05, 4.69) is 20.3 Å². The van der Waals surface area contributed by atoms with Gasteiger partial charge in [0.1, 0.15) is 5.82 Å². The van der Waals surface area contributed by atoms with Crippen LogP contribution in [0.3, 0.4) is 0 Å². The maximum atomic E-state index is 13.6. The van der Waals surface area contributed by atoms with Gasteiger partial charge >= 0.3 is 0 Å². The van der Waals surface area contributed by atoms with Crippen LogP contribution in [-0.2, 0) is 12.8 Å². The molecule has 0 saturated carbocycles. The van der Waals surface area contributed by atoms with E-state index in [0.29, 0.717) is 36.0 Å². The summed E-state index contributed by atoms with van der Waals surface area (Å²) in [5, 5.41) is 11.5. The second-order valence-corrected chi connectivity index (χ2v) is 4.57. The zero-order valence-corrected chi connectivity index (χ0v) is 11.4. The zero-order valence-electron chi connectivity index (χ0n) is 11.4. The van der Waals surface area contributed by atoms with Crippen molar-refractivity contribution >= 4 is 0 Å². The molecular weight excluding hydrogens is 275 g/mol. The largest absolute Gasteiger partial charge is 0.421 e. The van der Waals surface area contributed by atoms with Gasteiger partial charge in [0.25, 0.3) is 5.89 Å². The van der Waals surface area contributed by atoms with Crippen molar-refractivity contribution in [1.82, 2.24) is 20.3 Å². The normalized spacial score (nSPS) is 11.0. The molecule has 0 saturated heterocycles. The summed E-state index contributed by atoms with van der Waals surface area (Å²) in [7, 11) is 0. The van der Waals surface area contributed by atoms with E-state index in [9.17, 15) is 4.39 Å². The van der Waals surface area contributed by atoms with Gasteiger partial charge in [0.2, 0.25) is 11.8 Å². The van der Waals surface area contributed by atoms with Crippen LogP contribution in [0.15, 0.2) is 33.2 Å². The number of hydrogen-bond donors (Lipinski definition) is 0. The average molecular weight is 288 g/mol. The van der Waals surface area contributed by atoms with Crippen LogP contribution in [0.1, 0.15) is 24.0 Å². The third kappa shape index (κ3) is 3.13. The fourth-order valence-corrected chi connectivity index (χ4v) is 1.93. The number of aryl methyl sites for hydroxylation is 3. The summed E-state index contributed by atoms with van der Waals surface area (Å²) >= 11 is 0. The van der Waals surface area contributed by atoms with E-state index in [-0.39, 0.29) is 11.7 Å². The van der Waals surface area contributed by atoms with Gasteiger partial charge < -0.3 is 8.94 Å². The lowest BCUT2D eigenvalue weighted by atomic mass is 10.2. The van der Waals surface area contributed by atoms with Crippen molar-refractivity contribution in [3.05, 3.63) is 47.7 Å². The Morgan fingerprint density at radius 3 is 2.67 bits per heavy atom. The lowest BCUT2D eigenvalue weighted by Crippen LogP contribution is -1.90. The smallest absolute Gasteiger partial charge is 0.250 e. The number of halogens is 1. The highest BCUT2D eigenvalue weighted by Gasteiger charge is 2.12. The molecule has 0 unspecified atom stereocenters. The Morgan fingerprint density at radius 2 is 1.90 bits per heavy atom. The Labute approximate surface area is 120 Å². The second-order valence-electron chi connectivity index (χ2n) is 4.57. The molecule has 1 aromatic carbocycles. The molecule has 2 aromatic heterocycles. The van der Waals surface area contributed by atoms with E-state index in [1.54, 1.807) is 25.1 Å². The van der Waals surface area contributed by atoms with E-state index in [1.807, 2.05) is 0 Å². The molecular formula is C14H13FN4O2. The fraction of sp³-hybridized carbons (Fsp3) is 0.286. The first-order chi connectivity index (χ1) is 10.2. The Hall–Kier alpha value is -2.57. The molecule has 3 aromatic rings. The summed E-state index contributed by atoms with van der Waals surface area (Å²) in [5.41, 5.74) is 0.309. The minimum atomic E-state index is -0.381. The van der Waals surface area contributed by atoms with Crippen molar-refractivity contribution in [2.24, 2.45) is 0 Å². The maximum Gasteiger partial charge on any atom is 0.250 e. The van der Waals surface area contributed by atoms with Gasteiger partial charge in [0, 0.05) is 12.8 Å². The fourth-order valence-electron chi connectivity index (χ4n) is 1.93. The molecule has 0 radical (unpaired) electrons. The van der Waals surface area contributed by atoms with Crippen molar-refractivity contribution in [2.75, 3.05) is 0 Å². The van der Waals surface area contributed by atoms with Crippen LogP contribution in [0, 0.1) is 12.7 Å². The third-order valence-corrected chi connectivity index (χ3v) is 2.92. The molecule has 0 aliphatic rings. The van der Waals surface area contributed by atoms with Crippen molar-refractivity contribution in [2.45, 2.75) is 26.2 Å². The van der Waals surface area contributed by atoms with Gasteiger partial charge in [0.15, 0.2) is 5.82 Å². The summed E-state index contributed by atoms with van der Waals surface area (Å²) < 4.78 is 24.1. The molecule has 0 aliphatic heterocycles. The number of aromatic nitrogens is 4. The Kier molecular flexibility index (Phi) is 3.72. The van der Waals surface area contributed by atoms with Crippen LogP contribution < -0.4 is 0 Å². The first kappa shape index (κ1) is 13.4. The Morgan fingerprint density at radius 1 is 1.10 bits per heavy atom. The molecule has 21 heavy (non-hydrogen) atoms. The monoisotopic (exact) mass is 288 g/mol. The van der Waals surface area contributed by atoms with Crippen LogP contribution in [0.2, 0.25) is 0 Å². The highest BCUT2D eigenvalue weighted by molar-refractivity contribution is 5.53. The Balaban J connectivity index is 1.62. The van der Waals surface area contributed by atoms with Crippen LogP contribution in [0.5, 0.6) is 0 Å². The molecule has 0 aliphatic carbocycles. The van der Waals surface area contributed by atoms with Crippen molar-refractivity contribution in [1.29, 1.82) is 0 Å². The highest BCUT2D eigenvalue weighted by Crippen LogP contribution is 2.21. The molecule has 6 nitrogen and oxygen atoms in total. The number of nitrogens with zero attached hydrogens (tertiary/aromatic N) is 4. The first-order valence-electron chi connectivity index (χ1n) is 6.59. The van der Waals surface area contributed by atoms with Gasteiger partial charge in [-0.15, -0.1) is 10.2 Å². The number of benzene rings is 1. The molecule has 0 bridgehead atoms. The van der Waals surface area contributed by atoms with Gasteiger partial charge in [-0.05, 0) is 25.5 Å². The molecule has 2 heterocycles. The molecule has 0 atom stereocenters. The van der Waals surface area contributed by atoms with Gasteiger partial charge in [-0.3, -0.25) is 0 Å². The predicted molar refractivity (Wildman–Crippen MR) is 70.8 cm³/mol. The van der Waals surface area contributed by atoms with E-state index in [4.69, 9.17) is 8.94 Å². The van der Waals surface area contributed by atoms with Crippen molar-refractivity contribution < 1.29 is 13.3 Å². The average Bonchev–Trinajstić information content (AvgIpc) is 3.09. The highest BCUT2D eigenvalue weighted by atomic mass is 19.1. The van der Waals surface area contributed by atoms with Crippen LogP contribution in [0.25, 0.3) is 11.5 Å². The van der Waals surface area contributed by atoms with Crippen molar-refractivity contribution in [3.63, 3.8) is 0 Å². The number of hydrogen-bond acceptors (Lipinski definition) is 6. The summed E-state index contributed by atoms with van der Waals surface area (Å²) in [6.45, 7) is 1.77. The lowest BCUT2D eigenvalue weighted by Gasteiger charge is -1.96. The predicted octanol–water partition coefficient (Wildman–Crippen LogP) is 2.74. The third-order valence-electron chi connectivity index (χ3n) is 2.92. The topological polar surface area (TPSA) is 77.8 Å². The molecule has 0 amide bonds. The summed E-state index contributed by atoms with van der Waals surface area (Å²) in [5.74, 6) is 1.47. The van der Waals surface area contributed by atoms with Crippen LogP contribution >= 0.6 is 0 Å². The van der Waals surface area contributed by atoms with E-state index in [0.717, 1.165) is 6.42 Å². The molecule has 3 rings (SSSR count). The zero-order chi connectivity index (χ0) is 14.7. The second kappa shape index (κ2) is 5.82. The van der Waals surface area contributed by atoms with E-state index >= 15 is 0 Å². The van der Waals surface area contributed by atoms with Gasteiger partial charge in [-0.1, -0.05) is 17.3 Å². The number of rotatable bonds is 5. The molecule has 108 valence electrons. The standard InChI is InChI=1S/C14H13FN4O2/c1-9-16-12(21-19-9)7-4-8-13-17-18-14(20-13)10-5-2-3-6-11(10)15/h2-3,5-6H,4,7-8H2,1H3. The van der Waals surface area contributed by atoms with E-state index < -0.39 is 0 Å². The molecule has 0 fully saturated rings. The quantitative estimate of drug-likeness (QED) is 0.718. The van der Waals surface area contributed by atoms with Gasteiger partial charge in [-0.25, -0.2) is 4.39 Å². The Bertz CT molecular complexity index is 738. The van der Waals surface area contributed by atoms with Gasteiger partial charge in [-0.2, -0.15) is 4.98 Å². The molecule has 7 heteroatoms. The van der Waals surface area contributed by atoms with E-state index in [1.165, 1.54) is 6.07 Å². The molecule has 0 N–H and O–H groups in total. The lowest BCUT2D eigenvalue weighted by molar-refractivity contribution is 0.370. The summed E-state index contributed by atoms with van der Waals surface area (Å²) in [6, 6.07) is 6.30. The van der Waals surface area contributed by atoms with Crippen LogP contribution in [-0.4, -0.2) is 20.3 Å². The minimum Gasteiger partial charge on any atom is -0.421 e.